The molecule has 0 saturated heterocycles. The average Bonchev–Trinajstić information content (AvgIpc) is 3.30. The van der Waals surface area contributed by atoms with Crippen LogP contribution in [0.1, 0.15) is 111 Å². The Morgan fingerprint density at radius 2 is 1.81 bits per heavy atom. The van der Waals surface area contributed by atoms with Gasteiger partial charge in [-0.2, -0.15) is 0 Å². The van der Waals surface area contributed by atoms with Gasteiger partial charge >= 0.3 is 5.97 Å². The van der Waals surface area contributed by atoms with E-state index in [0.717, 1.165) is 48.3 Å². The molecule has 1 unspecified atom stereocenters. The molecule has 4 aliphatic rings. The first kappa shape index (κ1) is 34.4. The zero-order valence-corrected chi connectivity index (χ0v) is 28.5. The summed E-state index contributed by atoms with van der Waals surface area (Å²) < 4.78 is 4.69. The van der Waals surface area contributed by atoms with Gasteiger partial charge in [0, 0.05) is 15.6 Å². The Bertz CT molecular complexity index is 1180. The Morgan fingerprint density at radius 1 is 1.07 bits per heavy atom. The summed E-state index contributed by atoms with van der Waals surface area (Å²) in [6.45, 7) is 15.6. The van der Waals surface area contributed by atoms with Crippen LogP contribution in [-0.4, -0.2) is 22.3 Å². The van der Waals surface area contributed by atoms with Gasteiger partial charge in [0.25, 0.3) is 0 Å². The predicted molar refractivity (Wildman–Crippen MR) is 177 cm³/mol. The average molecular weight is 634 g/mol. The van der Waals surface area contributed by atoms with Crippen molar-refractivity contribution in [3.63, 3.8) is 0 Å². The summed E-state index contributed by atoms with van der Waals surface area (Å²) in [7, 11) is 0. The van der Waals surface area contributed by atoms with E-state index in [1.807, 2.05) is 0 Å². The molecule has 3 saturated carbocycles. The van der Waals surface area contributed by atoms with E-state index in [-0.39, 0.29) is 12.7 Å². The molecule has 4 aliphatic carbocycles. The van der Waals surface area contributed by atoms with Crippen molar-refractivity contribution in [1.29, 1.82) is 0 Å². The largest absolute Gasteiger partial charge is 0.502 e. The third kappa shape index (κ3) is 7.67. The van der Waals surface area contributed by atoms with Gasteiger partial charge in [0.05, 0.1) is 6.10 Å². The predicted octanol–water partition coefficient (Wildman–Crippen LogP) is 10.5. The van der Waals surface area contributed by atoms with Gasteiger partial charge in [-0.05, 0) is 116 Å². The van der Waals surface area contributed by atoms with Gasteiger partial charge < -0.3 is 14.9 Å². The molecule has 0 aliphatic heterocycles. The maximum absolute atomic E-state index is 10.9. The second-order valence-electron chi connectivity index (χ2n) is 14.9. The molecule has 0 aromatic heterocycles. The minimum atomic E-state index is -0.874. The topological polar surface area (TPSA) is 66.8 Å². The second kappa shape index (κ2) is 14.3. The quantitative estimate of drug-likeness (QED) is 0.129. The number of hydrogen-bond donors (Lipinski definition) is 2. The lowest BCUT2D eigenvalue weighted by Gasteiger charge is -2.58. The number of ether oxygens (including phenoxy) is 1. The van der Waals surface area contributed by atoms with Crippen molar-refractivity contribution in [2.75, 3.05) is 0 Å². The second-order valence-corrected chi connectivity index (χ2v) is 15.8. The van der Waals surface area contributed by atoms with Crippen molar-refractivity contribution >= 4 is 29.2 Å². The molecule has 1 aromatic carbocycles. The van der Waals surface area contributed by atoms with E-state index in [9.17, 15) is 9.90 Å². The first-order valence-corrected chi connectivity index (χ1v) is 17.4. The number of esters is 1. The van der Waals surface area contributed by atoms with E-state index in [1.54, 1.807) is 23.8 Å². The molecule has 6 heteroatoms. The molecule has 5 rings (SSSR count). The number of rotatable bonds is 8. The van der Waals surface area contributed by atoms with Crippen LogP contribution in [0.25, 0.3) is 0 Å². The van der Waals surface area contributed by atoms with Gasteiger partial charge in [-0.1, -0.05) is 94.8 Å². The van der Waals surface area contributed by atoms with Crippen LogP contribution in [-0.2, 0) is 16.1 Å². The highest BCUT2D eigenvalue weighted by Crippen LogP contribution is 2.67. The summed E-state index contributed by atoms with van der Waals surface area (Å²) in [4.78, 5) is 10.9. The summed E-state index contributed by atoms with van der Waals surface area (Å²) >= 11 is 11.5. The molecule has 4 nitrogen and oxygen atoms in total. The summed E-state index contributed by atoms with van der Waals surface area (Å²) in [5, 5.41) is 19.8. The molecular formula is C37H54Cl2O4. The van der Waals surface area contributed by atoms with E-state index in [1.165, 1.54) is 57.8 Å². The van der Waals surface area contributed by atoms with Crippen molar-refractivity contribution in [3.05, 3.63) is 57.8 Å². The molecule has 2 N–H and O–H groups in total. The molecule has 43 heavy (non-hydrogen) atoms. The molecule has 8 atom stereocenters. The Balaban J connectivity index is 0.000000239. The fraction of sp³-hybridized carbons (Fsp3) is 0.703. The lowest BCUT2D eigenvalue weighted by atomic mass is 9.47. The SMILES string of the molecule is C=C(O)C(=O)OCc1ccc(Cl)cc1Cl.CC(C)CCCC(C)[C@H]1CC[C@H]2[C@@H]3CC=C4C[C@@H](O)CC[C@]4(C)[C@H]3CC[C@]12C. The summed E-state index contributed by atoms with van der Waals surface area (Å²) in [5.41, 5.74) is 3.21. The third-order valence-corrected chi connectivity index (χ3v) is 12.5. The Kier molecular flexibility index (Phi) is 11.4. The van der Waals surface area contributed by atoms with Crippen molar-refractivity contribution in [2.24, 2.45) is 46.3 Å². The Hall–Kier alpha value is -1.49. The van der Waals surface area contributed by atoms with Crippen molar-refractivity contribution in [1.82, 2.24) is 0 Å². The molecule has 1 aromatic rings. The zero-order valence-electron chi connectivity index (χ0n) is 27.0. The molecule has 0 bridgehead atoms. The van der Waals surface area contributed by atoms with E-state index < -0.39 is 11.7 Å². The third-order valence-electron chi connectivity index (χ3n) is 11.9. The van der Waals surface area contributed by atoms with Crippen LogP contribution < -0.4 is 0 Å². The van der Waals surface area contributed by atoms with Crippen LogP contribution in [0.15, 0.2) is 42.2 Å². The first-order chi connectivity index (χ1) is 20.3. The molecule has 240 valence electrons. The number of carbonyl (C=O) groups excluding carboxylic acids is 1. The first-order valence-electron chi connectivity index (χ1n) is 16.6. The number of aliphatic hydroxyl groups excluding tert-OH is 2. The summed E-state index contributed by atoms with van der Waals surface area (Å²) in [5.74, 6) is 3.94. The van der Waals surface area contributed by atoms with Gasteiger partial charge in [0.15, 0.2) is 5.76 Å². The van der Waals surface area contributed by atoms with Crippen LogP contribution >= 0.6 is 23.2 Å². The number of aliphatic hydroxyl groups is 2. The van der Waals surface area contributed by atoms with Crippen LogP contribution in [0.2, 0.25) is 10.0 Å². The van der Waals surface area contributed by atoms with Gasteiger partial charge in [-0.15, -0.1) is 0 Å². The molecule has 0 heterocycles. The van der Waals surface area contributed by atoms with Crippen LogP contribution in [0, 0.1) is 46.3 Å². The maximum atomic E-state index is 10.9. The molecule has 0 radical (unpaired) electrons. The van der Waals surface area contributed by atoms with Gasteiger partial charge in [-0.3, -0.25) is 0 Å². The molecule has 3 fully saturated rings. The van der Waals surface area contributed by atoms with Gasteiger partial charge in [-0.25, -0.2) is 4.79 Å². The van der Waals surface area contributed by atoms with E-state index in [0.29, 0.717) is 26.4 Å². The molecule has 0 amide bonds. The van der Waals surface area contributed by atoms with Crippen molar-refractivity contribution in [2.45, 2.75) is 118 Å². The highest BCUT2D eigenvalue weighted by Gasteiger charge is 2.59. The fourth-order valence-corrected chi connectivity index (χ4v) is 9.99. The van der Waals surface area contributed by atoms with Crippen molar-refractivity contribution in [3.8, 4) is 0 Å². The fourth-order valence-electron chi connectivity index (χ4n) is 9.53. The Labute approximate surface area is 270 Å². The van der Waals surface area contributed by atoms with E-state index in [2.05, 4.69) is 47.3 Å². The lowest BCUT2D eigenvalue weighted by Crippen LogP contribution is -2.50. The van der Waals surface area contributed by atoms with Crippen LogP contribution in [0.4, 0.5) is 0 Å². The molecule has 0 spiro atoms. The number of allylic oxidation sites excluding steroid dienone is 1. The zero-order chi connectivity index (χ0) is 31.5. The number of hydrogen-bond acceptors (Lipinski definition) is 4. The lowest BCUT2D eigenvalue weighted by molar-refractivity contribution is -0.143. The Morgan fingerprint density at radius 3 is 2.49 bits per heavy atom. The number of fused-ring (bicyclic) bond motifs is 5. The van der Waals surface area contributed by atoms with E-state index in [4.69, 9.17) is 33.0 Å². The standard InChI is InChI=1S/C27H46O.C10H8Cl2O3/c1-18(2)7-6-8-19(3)23-11-12-24-22-10-9-20-17-21(28)13-15-26(20,4)25(22)14-16-27(23,24)5;1-6(13)10(14)15-5-7-2-3-8(11)4-9(7)12/h9,18-19,21-25,28H,6-8,10-17H2,1-5H3;2-4,13H,1,5H2/t19?,21-,22-,23+,24-,25-,26-,27+;/m0./s1. The highest BCUT2D eigenvalue weighted by atomic mass is 35.5. The maximum Gasteiger partial charge on any atom is 0.373 e. The van der Waals surface area contributed by atoms with Crippen LogP contribution in [0.3, 0.4) is 0 Å². The minimum Gasteiger partial charge on any atom is -0.502 e. The minimum absolute atomic E-state index is 0.0333. The number of benzene rings is 1. The summed E-state index contributed by atoms with van der Waals surface area (Å²) in [6, 6.07) is 4.81. The smallest absolute Gasteiger partial charge is 0.373 e. The normalized spacial score (nSPS) is 33.7. The van der Waals surface area contributed by atoms with Gasteiger partial charge in [0.1, 0.15) is 6.61 Å². The molecular weight excluding hydrogens is 579 g/mol. The van der Waals surface area contributed by atoms with Crippen LogP contribution in [0.5, 0.6) is 0 Å². The highest BCUT2D eigenvalue weighted by molar-refractivity contribution is 6.35. The number of carbonyl (C=O) groups is 1. The monoisotopic (exact) mass is 632 g/mol. The van der Waals surface area contributed by atoms with Gasteiger partial charge in [0.2, 0.25) is 0 Å². The van der Waals surface area contributed by atoms with Crippen molar-refractivity contribution < 1.29 is 19.7 Å². The number of halogens is 2. The van der Waals surface area contributed by atoms with E-state index >= 15 is 0 Å². The summed E-state index contributed by atoms with van der Waals surface area (Å²) in [6.07, 6.45) is 17.2.